The van der Waals surface area contributed by atoms with Gasteiger partial charge in [-0.3, -0.25) is 0 Å². The topological polar surface area (TPSA) is 47.6 Å². The van der Waals surface area contributed by atoms with Gasteiger partial charge in [-0.1, -0.05) is 48.0 Å². The van der Waals surface area contributed by atoms with Crippen LogP contribution in [0.4, 0.5) is 0 Å². The van der Waals surface area contributed by atoms with E-state index >= 15 is 0 Å². The number of hydrogen-bond donors (Lipinski definition) is 0. The smallest absolute Gasteiger partial charge is 0.0991 e. The lowest BCUT2D eigenvalue weighted by Crippen LogP contribution is -1.84. The van der Waals surface area contributed by atoms with Crippen LogP contribution >= 0.6 is 11.6 Å². The zero-order chi connectivity index (χ0) is 16.2. The van der Waals surface area contributed by atoms with Gasteiger partial charge in [0.1, 0.15) is 0 Å². The standard InChI is InChI=1S/C20H11ClN2/c21-20-11-18(16-5-1-14(12-22)2-6-16)9-10-19(20)17-7-3-15(13-23)4-8-17/h1-11H. The van der Waals surface area contributed by atoms with Crippen LogP contribution in [0, 0.1) is 22.7 Å². The van der Waals surface area contributed by atoms with E-state index in [0.717, 1.165) is 22.3 Å². The van der Waals surface area contributed by atoms with Gasteiger partial charge in [-0.2, -0.15) is 10.5 Å². The second-order valence-electron chi connectivity index (χ2n) is 5.07. The quantitative estimate of drug-likeness (QED) is 0.634. The molecule has 108 valence electrons. The van der Waals surface area contributed by atoms with Crippen molar-refractivity contribution in [1.82, 2.24) is 0 Å². The van der Waals surface area contributed by atoms with E-state index in [1.165, 1.54) is 0 Å². The molecular formula is C20H11ClN2. The highest BCUT2D eigenvalue weighted by Crippen LogP contribution is 2.32. The molecule has 0 saturated carbocycles. The Hall–Kier alpha value is -3.07. The van der Waals surface area contributed by atoms with E-state index in [1.807, 2.05) is 42.5 Å². The first kappa shape index (κ1) is 14.9. The van der Waals surface area contributed by atoms with Crippen LogP contribution in [0.3, 0.4) is 0 Å². The maximum absolute atomic E-state index is 8.86. The molecule has 0 unspecified atom stereocenters. The van der Waals surface area contributed by atoms with Crippen molar-refractivity contribution in [1.29, 1.82) is 10.5 Å². The third-order valence-electron chi connectivity index (χ3n) is 3.64. The molecule has 0 aliphatic carbocycles. The molecule has 0 heterocycles. The maximum Gasteiger partial charge on any atom is 0.0991 e. The minimum atomic E-state index is 0.624. The Bertz CT molecular complexity index is 927. The second kappa shape index (κ2) is 6.36. The first-order chi connectivity index (χ1) is 11.2. The van der Waals surface area contributed by atoms with Crippen molar-refractivity contribution in [2.24, 2.45) is 0 Å². The monoisotopic (exact) mass is 314 g/mol. The number of nitrogens with zero attached hydrogens (tertiary/aromatic N) is 2. The van der Waals surface area contributed by atoms with Crippen LogP contribution in [0.5, 0.6) is 0 Å². The zero-order valence-electron chi connectivity index (χ0n) is 12.1. The molecule has 3 rings (SSSR count). The Morgan fingerprint density at radius 2 is 1.09 bits per heavy atom. The van der Waals surface area contributed by atoms with Gasteiger partial charge in [-0.05, 0) is 47.0 Å². The Balaban J connectivity index is 1.96. The van der Waals surface area contributed by atoms with Gasteiger partial charge in [0.05, 0.1) is 23.3 Å². The average Bonchev–Trinajstić information content (AvgIpc) is 2.62. The largest absolute Gasteiger partial charge is 0.192 e. The zero-order valence-corrected chi connectivity index (χ0v) is 12.9. The minimum absolute atomic E-state index is 0.624. The number of halogens is 1. The van der Waals surface area contributed by atoms with Crippen molar-refractivity contribution >= 4 is 11.6 Å². The fourth-order valence-corrected chi connectivity index (χ4v) is 2.68. The van der Waals surface area contributed by atoms with Crippen LogP contribution in [0.25, 0.3) is 22.3 Å². The normalized spacial score (nSPS) is 9.87. The van der Waals surface area contributed by atoms with Crippen LogP contribution < -0.4 is 0 Å². The van der Waals surface area contributed by atoms with Crippen molar-refractivity contribution in [3.8, 4) is 34.4 Å². The molecule has 0 aromatic heterocycles. The number of rotatable bonds is 2. The summed E-state index contributed by atoms with van der Waals surface area (Å²) in [5.74, 6) is 0. The van der Waals surface area contributed by atoms with E-state index in [2.05, 4.69) is 12.1 Å². The van der Waals surface area contributed by atoms with Gasteiger partial charge in [-0.25, -0.2) is 0 Å². The molecule has 0 aliphatic heterocycles. The number of hydrogen-bond acceptors (Lipinski definition) is 2. The predicted octanol–water partition coefficient (Wildman–Crippen LogP) is 5.42. The van der Waals surface area contributed by atoms with Crippen molar-refractivity contribution in [2.75, 3.05) is 0 Å². The highest BCUT2D eigenvalue weighted by atomic mass is 35.5. The van der Waals surface area contributed by atoms with Gasteiger partial charge in [0.25, 0.3) is 0 Å². The Labute approximate surface area is 139 Å². The molecule has 3 heteroatoms. The minimum Gasteiger partial charge on any atom is -0.192 e. The van der Waals surface area contributed by atoms with Gasteiger partial charge in [0.2, 0.25) is 0 Å². The summed E-state index contributed by atoms with van der Waals surface area (Å²) in [4.78, 5) is 0. The molecule has 0 atom stereocenters. The molecule has 23 heavy (non-hydrogen) atoms. The fraction of sp³-hybridized carbons (Fsp3) is 0. The number of nitriles is 2. The van der Waals surface area contributed by atoms with Gasteiger partial charge < -0.3 is 0 Å². The summed E-state index contributed by atoms with van der Waals surface area (Å²) in [6.45, 7) is 0. The predicted molar refractivity (Wildman–Crippen MR) is 91.8 cm³/mol. The first-order valence-electron chi connectivity index (χ1n) is 7.02. The molecule has 3 aromatic rings. The van der Waals surface area contributed by atoms with Crippen LogP contribution in [-0.4, -0.2) is 0 Å². The number of benzene rings is 3. The van der Waals surface area contributed by atoms with Crippen LogP contribution in [0.1, 0.15) is 11.1 Å². The molecule has 0 radical (unpaired) electrons. The highest BCUT2D eigenvalue weighted by Gasteiger charge is 2.06. The van der Waals surface area contributed by atoms with Crippen molar-refractivity contribution in [3.63, 3.8) is 0 Å². The van der Waals surface area contributed by atoms with E-state index < -0.39 is 0 Å². The lowest BCUT2D eigenvalue weighted by atomic mass is 9.99. The summed E-state index contributed by atoms with van der Waals surface area (Å²) < 4.78 is 0. The fourth-order valence-electron chi connectivity index (χ4n) is 2.39. The summed E-state index contributed by atoms with van der Waals surface area (Å²) in [6.07, 6.45) is 0. The van der Waals surface area contributed by atoms with E-state index in [4.69, 9.17) is 22.1 Å². The summed E-state index contributed by atoms with van der Waals surface area (Å²) in [7, 11) is 0. The van der Waals surface area contributed by atoms with Crippen LogP contribution in [0.2, 0.25) is 5.02 Å². The SMILES string of the molecule is N#Cc1ccc(-c2ccc(-c3ccc(C#N)cc3)c(Cl)c2)cc1. The third-order valence-corrected chi connectivity index (χ3v) is 3.95. The van der Waals surface area contributed by atoms with Gasteiger partial charge in [0, 0.05) is 10.6 Å². The van der Waals surface area contributed by atoms with Gasteiger partial charge >= 0.3 is 0 Å². The molecule has 0 bridgehead atoms. The van der Waals surface area contributed by atoms with Crippen molar-refractivity contribution in [2.45, 2.75) is 0 Å². The third kappa shape index (κ3) is 3.09. The molecule has 3 aromatic carbocycles. The van der Waals surface area contributed by atoms with Crippen LogP contribution in [-0.2, 0) is 0 Å². The molecule has 0 saturated heterocycles. The molecule has 0 spiro atoms. The molecule has 2 nitrogen and oxygen atoms in total. The lowest BCUT2D eigenvalue weighted by molar-refractivity contribution is 1.48. The summed E-state index contributed by atoms with van der Waals surface area (Å²) >= 11 is 6.43. The second-order valence-corrected chi connectivity index (χ2v) is 5.48. The Kier molecular flexibility index (Phi) is 4.11. The highest BCUT2D eigenvalue weighted by molar-refractivity contribution is 6.33. The Morgan fingerprint density at radius 3 is 1.57 bits per heavy atom. The molecule has 0 fully saturated rings. The Morgan fingerprint density at radius 1 is 0.609 bits per heavy atom. The molecule has 0 aliphatic rings. The van der Waals surface area contributed by atoms with Crippen LogP contribution in [0.15, 0.2) is 66.7 Å². The van der Waals surface area contributed by atoms with Crippen molar-refractivity contribution < 1.29 is 0 Å². The summed E-state index contributed by atoms with van der Waals surface area (Å²) in [6, 6.07) is 24.8. The summed E-state index contributed by atoms with van der Waals surface area (Å²) in [5, 5.41) is 18.4. The lowest BCUT2D eigenvalue weighted by Gasteiger charge is -2.08. The van der Waals surface area contributed by atoms with Crippen molar-refractivity contribution in [3.05, 3.63) is 82.9 Å². The van der Waals surface area contributed by atoms with E-state index in [1.54, 1.807) is 24.3 Å². The van der Waals surface area contributed by atoms with Gasteiger partial charge in [0.15, 0.2) is 0 Å². The van der Waals surface area contributed by atoms with Gasteiger partial charge in [-0.15, -0.1) is 0 Å². The molecular weight excluding hydrogens is 304 g/mol. The van der Waals surface area contributed by atoms with E-state index in [9.17, 15) is 0 Å². The van der Waals surface area contributed by atoms with E-state index in [-0.39, 0.29) is 0 Å². The van der Waals surface area contributed by atoms with E-state index in [0.29, 0.717) is 16.1 Å². The summed E-state index contributed by atoms with van der Waals surface area (Å²) in [5.41, 5.74) is 5.16. The molecule has 0 N–H and O–H groups in total. The maximum atomic E-state index is 8.86. The molecule has 0 amide bonds. The first-order valence-corrected chi connectivity index (χ1v) is 7.39. The average molecular weight is 315 g/mol.